The smallest absolute Gasteiger partial charge is 0.340 e. The standard InChI is InChI=1S/C16H12N6O4/c1-7-11-13(12(8(2)17-7)16(23)26-3)9-5-4-6-10(22(24)25)14(9)21-15(11)18-19-20-21/h4-6H,1-3H3. The number of nitrogens with zero attached hydrogens (tertiary/aromatic N) is 6. The van der Waals surface area contributed by atoms with Crippen molar-refractivity contribution in [3.05, 3.63) is 45.3 Å². The summed E-state index contributed by atoms with van der Waals surface area (Å²) in [5.41, 5.74) is 1.65. The van der Waals surface area contributed by atoms with Gasteiger partial charge in [0.15, 0.2) is 11.2 Å². The molecular formula is C16H12N6O4. The van der Waals surface area contributed by atoms with Crippen molar-refractivity contribution in [3.63, 3.8) is 0 Å². The van der Waals surface area contributed by atoms with Crippen molar-refractivity contribution in [2.24, 2.45) is 0 Å². The summed E-state index contributed by atoms with van der Waals surface area (Å²) in [6.07, 6.45) is 0. The Morgan fingerprint density at radius 1 is 1.23 bits per heavy atom. The number of rotatable bonds is 2. The molecule has 26 heavy (non-hydrogen) atoms. The molecule has 0 spiro atoms. The number of aromatic nitrogens is 5. The van der Waals surface area contributed by atoms with E-state index in [1.807, 2.05) is 0 Å². The van der Waals surface area contributed by atoms with Crippen LogP contribution in [0.2, 0.25) is 0 Å². The first-order valence-corrected chi connectivity index (χ1v) is 7.62. The third-order valence-electron chi connectivity index (χ3n) is 4.33. The molecule has 4 aromatic rings. The molecule has 0 fully saturated rings. The summed E-state index contributed by atoms with van der Waals surface area (Å²) in [4.78, 5) is 27.9. The second kappa shape index (κ2) is 5.41. The normalized spacial score (nSPS) is 11.3. The van der Waals surface area contributed by atoms with Gasteiger partial charge in [0, 0.05) is 22.5 Å². The summed E-state index contributed by atoms with van der Waals surface area (Å²) < 4.78 is 6.22. The van der Waals surface area contributed by atoms with E-state index >= 15 is 0 Å². The SMILES string of the molecule is COC(=O)c1c(C)nc(C)c2c1c1cccc([N+](=O)[O-])c1n1nnnc21. The zero-order valence-electron chi connectivity index (χ0n) is 14.0. The number of non-ortho nitro benzene ring substituents is 1. The molecule has 4 rings (SSSR count). The maximum absolute atomic E-state index is 12.4. The second-order valence-corrected chi connectivity index (χ2v) is 5.74. The minimum absolute atomic E-state index is 0.162. The number of hydrogen-bond acceptors (Lipinski definition) is 8. The van der Waals surface area contributed by atoms with Crippen LogP contribution in [-0.2, 0) is 4.74 Å². The van der Waals surface area contributed by atoms with E-state index in [-0.39, 0.29) is 22.4 Å². The van der Waals surface area contributed by atoms with Gasteiger partial charge in [-0.25, -0.2) is 4.79 Å². The molecule has 0 saturated heterocycles. The van der Waals surface area contributed by atoms with E-state index in [0.29, 0.717) is 27.5 Å². The minimum Gasteiger partial charge on any atom is -0.465 e. The van der Waals surface area contributed by atoms with Crippen molar-refractivity contribution >= 4 is 39.0 Å². The van der Waals surface area contributed by atoms with Gasteiger partial charge in [-0.2, -0.15) is 4.52 Å². The molecule has 0 aliphatic carbocycles. The molecule has 0 atom stereocenters. The molecule has 0 aliphatic rings. The van der Waals surface area contributed by atoms with Gasteiger partial charge < -0.3 is 4.74 Å². The number of aryl methyl sites for hydroxylation is 2. The van der Waals surface area contributed by atoms with Crippen LogP contribution < -0.4 is 0 Å². The number of para-hydroxylation sites is 1. The zero-order valence-corrected chi connectivity index (χ0v) is 14.0. The molecule has 0 N–H and O–H groups in total. The summed E-state index contributed by atoms with van der Waals surface area (Å²) in [6, 6.07) is 4.62. The van der Waals surface area contributed by atoms with Gasteiger partial charge in [0.05, 0.1) is 28.7 Å². The van der Waals surface area contributed by atoms with Crippen LogP contribution in [0.25, 0.3) is 27.3 Å². The lowest BCUT2D eigenvalue weighted by molar-refractivity contribution is -0.383. The van der Waals surface area contributed by atoms with Crippen LogP contribution in [0.15, 0.2) is 18.2 Å². The number of benzene rings is 1. The molecule has 130 valence electrons. The van der Waals surface area contributed by atoms with Gasteiger partial charge in [0.1, 0.15) is 0 Å². The average Bonchev–Trinajstić information content (AvgIpc) is 3.09. The lowest BCUT2D eigenvalue weighted by Gasteiger charge is -2.13. The molecule has 1 aromatic carbocycles. The Morgan fingerprint density at radius 3 is 2.69 bits per heavy atom. The maximum Gasteiger partial charge on any atom is 0.340 e. The van der Waals surface area contributed by atoms with Crippen LogP contribution in [0.3, 0.4) is 0 Å². The average molecular weight is 352 g/mol. The highest BCUT2D eigenvalue weighted by Crippen LogP contribution is 2.36. The largest absolute Gasteiger partial charge is 0.465 e. The first kappa shape index (κ1) is 15.8. The summed E-state index contributed by atoms with van der Waals surface area (Å²) in [7, 11) is 1.27. The Balaban J connectivity index is 2.43. The van der Waals surface area contributed by atoms with E-state index < -0.39 is 10.9 Å². The van der Waals surface area contributed by atoms with E-state index in [1.54, 1.807) is 26.0 Å². The van der Waals surface area contributed by atoms with Gasteiger partial charge in [-0.05, 0) is 24.3 Å². The van der Waals surface area contributed by atoms with Crippen molar-refractivity contribution < 1.29 is 14.5 Å². The number of tetrazole rings is 1. The number of nitro groups is 1. The summed E-state index contributed by atoms with van der Waals surface area (Å²) in [6.45, 7) is 3.46. The predicted octanol–water partition coefficient (Wildman–Crippen LogP) is 2.14. The van der Waals surface area contributed by atoms with Crippen molar-refractivity contribution in [2.75, 3.05) is 7.11 Å². The molecule has 0 amide bonds. The Bertz CT molecular complexity index is 1250. The third-order valence-corrected chi connectivity index (χ3v) is 4.33. The van der Waals surface area contributed by atoms with Crippen LogP contribution in [0.4, 0.5) is 5.69 Å². The molecular weight excluding hydrogens is 340 g/mol. The summed E-state index contributed by atoms with van der Waals surface area (Å²) in [5, 5.41) is 24.6. The lowest BCUT2D eigenvalue weighted by Crippen LogP contribution is -2.10. The van der Waals surface area contributed by atoms with Crippen LogP contribution in [0.1, 0.15) is 21.7 Å². The fourth-order valence-electron chi connectivity index (χ4n) is 3.34. The fourth-order valence-corrected chi connectivity index (χ4v) is 3.34. The summed E-state index contributed by atoms with van der Waals surface area (Å²) >= 11 is 0. The molecule has 10 nitrogen and oxygen atoms in total. The van der Waals surface area contributed by atoms with Gasteiger partial charge in [-0.1, -0.05) is 12.1 Å². The highest BCUT2D eigenvalue weighted by Gasteiger charge is 2.26. The number of ether oxygens (including phenoxy) is 1. The van der Waals surface area contributed by atoms with Gasteiger partial charge >= 0.3 is 5.97 Å². The van der Waals surface area contributed by atoms with Crippen LogP contribution in [0.5, 0.6) is 0 Å². The molecule has 0 saturated carbocycles. The van der Waals surface area contributed by atoms with Crippen LogP contribution >= 0.6 is 0 Å². The van der Waals surface area contributed by atoms with Crippen molar-refractivity contribution in [1.82, 2.24) is 25.0 Å². The van der Waals surface area contributed by atoms with Crippen molar-refractivity contribution in [3.8, 4) is 0 Å². The molecule has 3 heterocycles. The van der Waals surface area contributed by atoms with Crippen molar-refractivity contribution in [1.29, 1.82) is 0 Å². The molecule has 10 heteroatoms. The predicted molar refractivity (Wildman–Crippen MR) is 91.1 cm³/mol. The molecule has 0 radical (unpaired) electrons. The third kappa shape index (κ3) is 1.95. The number of methoxy groups -OCH3 is 1. The van der Waals surface area contributed by atoms with E-state index in [1.165, 1.54) is 17.7 Å². The van der Waals surface area contributed by atoms with Crippen molar-refractivity contribution in [2.45, 2.75) is 13.8 Å². The first-order valence-electron chi connectivity index (χ1n) is 7.62. The number of fused-ring (bicyclic) bond motifs is 6. The first-order chi connectivity index (χ1) is 12.5. The van der Waals surface area contributed by atoms with E-state index in [4.69, 9.17) is 4.74 Å². The Kier molecular flexibility index (Phi) is 3.29. The number of carbonyl (C=O) groups is 1. The zero-order chi connectivity index (χ0) is 18.6. The molecule has 0 bridgehead atoms. The van der Waals surface area contributed by atoms with E-state index in [9.17, 15) is 14.9 Å². The van der Waals surface area contributed by atoms with Crippen LogP contribution in [0, 0.1) is 24.0 Å². The second-order valence-electron chi connectivity index (χ2n) is 5.74. The monoisotopic (exact) mass is 352 g/mol. The highest BCUT2D eigenvalue weighted by atomic mass is 16.6. The van der Waals surface area contributed by atoms with E-state index in [0.717, 1.165) is 0 Å². The molecule has 0 unspecified atom stereocenters. The highest BCUT2D eigenvalue weighted by molar-refractivity contribution is 6.21. The van der Waals surface area contributed by atoms with Gasteiger partial charge in [-0.15, -0.1) is 5.10 Å². The summed E-state index contributed by atoms with van der Waals surface area (Å²) in [5.74, 6) is -0.579. The number of carbonyl (C=O) groups excluding carboxylic acids is 1. The minimum atomic E-state index is -0.579. The fraction of sp³-hybridized carbons (Fsp3) is 0.188. The van der Waals surface area contributed by atoms with Gasteiger partial charge in [0.25, 0.3) is 5.69 Å². The molecule has 3 aromatic heterocycles. The number of nitro benzene ring substituents is 1. The quantitative estimate of drug-likeness (QED) is 0.232. The number of pyridine rings is 2. The topological polar surface area (TPSA) is 125 Å². The number of esters is 1. The Morgan fingerprint density at radius 2 is 2.00 bits per heavy atom. The Labute approximate surface area is 145 Å². The maximum atomic E-state index is 12.4. The number of hydrogen-bond donors (Lipinski definition) is 0. The molecule has 0 aliphatic heterocycles. The Hall–Kier alpha value is -3.69. The van der Waals surface area contributed by atoms with Crippen LogP contribution in [-0.4, -0.2) is 43.0 Å². The van der Waals surface area contributed by atoms with Gasteiger partial charge in [-0.3, -0.25) is 15.1 Å². The van der Waals surface area contributed by atoms with Gasteiger partial charge in [0.2, 0.25) is 0 Å². The lowest BCUT2D eigenvalue weighted by atomic mass is 9.98. The van der Waals surface area contributed by atoms with E-state index in [2.05, 4.69) is 20.5 Å².